The summed E-state index contributed by atoms with van der Waals surface area (Å²) in [6.45, 7) is 5.97. The zero-order valence-electron chi connectivity index (χ0n) is 10.9. The summed E-state index contributed by atoms with van der Waals surface area (Å²) in [7, 11) is 2.00. The van der Waals surface area contributed by atoms with Crippen molar-refractivity contribution in [2.75, 3.05) is 0 Å². The molecule has 0 amide bonds. The molecular formula is C13H16N2O2S. The molecule has 5 heteroatoms. The van der Waals surface area contributed by atoms with Gasteiger partial charge in [0.05, 0.1) is 17.1 Å². The van der Waals surface area contributed by atoms with Crippen LogP contribution in [0, 0.1) is 20.8 Å². The van der Waals surface area contributed by atoms with Crippen LogP contribution in [0.5, 0.6) is 0 Å². The molecule has 2 rings (SSSR count). The van der Waals surface area contributed by atoms with Crippen LogP contribution in [0.2, 0.25) is 0 Å². The standard InChI is InChI=1S/C13H16N2O2S/c1-7-5-10(8(2)15(7)4)13-11(6-12(16)17)18-9(3)14-13/h5H,6H2,1-4H3,(H,16,17). The van der Waals surface area contributed by atoms with E-state index in [1.54, 1.807) is 0 Å². The number of hydrogen-bond donors (Lipinski definition) is 1. The lowest BCUT2D eigenvalue weighted by atomic mass is 10.1. The minimum absolute atomic E-state index is 0.0359. The van der Waals surface area contributed by atoms with Gasteiger partial charge in [0.15, 0.2) is 0 Å². The Morgan fingerprint density at radius 1 is 1.44 bits per heavy atom. The number of carboxylic acid groups (broad SMARTS) is 1. The van der Waals surface area contributed by atoms with E-state index in [0.29, 0.717) is 0 Å². The summed E-state index contributed by atoms with van der Waals surface area (Å²) < 4.78 is 2.09. The highest BCUT2D eigenvalue weighted by Gasteiger charge is 2.18. The number of aromatic nitrogens is 2. The number of aryl methyl sites for hydroxylation is 2. The first-order chi connectivity index (χ1) is 8.40. The smallest absolute Gasteiger partial charge is 0.308 e. The maximum absolute atomic E-state index is 10.9. The Morgan fingerprint density at radius 3 is 2.61 bits per heavy atom. The van der Waals surface area contributed by atoms with E-state index in [9.17, 15) is 4.79 Å². The van der Waals surface area contributed by atoms with E-state index in [1.807, 2.05) is 27.8 Å². The van der Waals surface area contributed by atoms with Crippen molar-refractivity contribution in [1.29, 1.82) is 0 Å². The Bertz CT molecular complexity index is 611. The second-order valence-corrected chi connectivity index (χ2v) is 5.71. The molecule has 2 aromatic rings. The molecule has 0 fully saturated rings. The fourth-order valence-corrected chi connectivity index (χ4v) is 2.97. The molecule has 0 spiro atoms. The van der Waals surface area contributed by atoms with E-state index >= 15 is 0 Å². The molecule has 0 saturated carbocycles. The van der Waals surface area contributed by atoms with Crippen molar-refractivity contribution in [2.24, 2.45) is 7.05 Å². The maximum Gasteiger partial charge on any atom is 0.308 e. The Balaban J connectivity index is 2.56. The molecule has 96 valence electrons. The van der Waals surface area contributed by atoms with E-state index in [2.05, 4.69) is 15.6 Å². The molecule has 2 aromatic heterocycles. The van der Waals surface area contributed by atoms with Gasteiger partial charge in [-0.25, -0.2) is 4.98 Å². The third-order valence-corrected chi connectivity index (χ3v) is 4.12. The van der Waals surface area contributed by atoms with Crippen molar-refractivity contribution in [1.82, 2.24) is 9.55 Å². The normalized spacial score (nSPS) is 10.9. The van der Waals surface area contributed by atoms with Crippen LogP contribution >= 0.6 is 11.3 Å². The van der Waals surface area contributed by atoms with Gasteiger partial charge < -0.3 is 9.67 Å². The lowest BCUT2D eigenvalue weighted by Crippen LogP contribution is -2.00. The number of nitrogens with zero attached hydrogens (tertiary/aromatic N) is 2. The van der Waals surface area contributed by atoms with Crippen LogP contribution in [0.15, 0.2) is 6.07 Å². The average Bonchev–Trinajstić information content (AvgIpc) is 2.73. The molecule has 0 aliphatic heterocycles. The summed E-state index contributed by atoms with van der Waals surface area (Å²) in [6, 6.07) is 2.06. The quantitative estimate of drug-likeness (QED) is 0.927. The molecule has 0 radical (unpaired) electrons. The first-order valence-electron chi connectivity index (χ1n) is 5.71. The Morgan fingerprint density at radius 2 is 2.11 bits per heavy atom. The SMILES string of the molecule is Cc1nc(-c2cc(C)n(C)c2C)c(CC(=O)O)s1. The van der Waals surface area contributed by atoms with Gasteiger partial charge in [0.1, 0.15) is 0 Å². The van der Waals surface area contributed by atoms with Crippen molar-refractivity contribution >= 4 is 17.3 Å². The van der Waals surface area contributed by atoms with E-state index in [1.165, 1.54) is 11.3 Å². The van der Waals surface area contributed by atoms with Crippen LogP contribution in [0.3, 0.4) is 0 Å². The number of aliphatic carboxylic acids is 1. The maximum atomic E-state index is 10.9. The Hall–Kier alpha value is -1.62. The van der Waals surface area contributed by atoms with Crippen molar-refractivity contribution in [3.8, 4) is 11.3 Å². The minimum Gasteiger partial charge on any atom is -0.481 e. The van der Waals surface area contributed by atoms with Crippen LogP contribution in [0.4, 0.5) is 0 Å². The zero-order chi connectivity index (χ0) is 13.4. The van der Waals surface area contributed by atoms with Gasteiger partial charge in [-0.2, -0.15) is 0 Å². The lowest BCUT2D eigenvalue weighted by Gasteiger charge is -2.02. The van der Waals surface area contributed by atoms with Gasteiger partial charge in [0.25, 0.3) is 0 Å². The molecule has 2 heterocycles. The number of hydrogen-bond acceptors (Lipinski definition) is 3. The summed E-state index contributed by atoms with van der Waals surface area (Å²) in [5.41, 5.74) is 4.12. The minimum atomic E-state index is -0.815. The molecule has 1 N–H and O–H groups in total. The second-order valence-electron chi connectivity index (χ2n) is 4.42. The topological polar surface area (TPSA) is 55.1 Å². The van der Waals surface area contributed by atoms with E-state index in [0.717, 1.165) is 32.5 Å². The zero-order valence-corrected chi connectivity index (χ0v) is 11.8. The fourth-order valence-electron chi connectivity index (χ4n) is 2.03. The third-order valence-electron chi connectivity index (χ3n) is 3.15. The molecule has 0 atom stereocenters. The lowest BCUT2D eigenvalue weighted by molar-refractivity contribution is -0.136. The van der Waals surface area contributed by atoms with E-state index in [-0.39, 0.29) is 6.42 Å². The summed E-state index contributed by atoms with van der Waals surface area (Å²) in [6.07, 6.45) is 0.0359. The largest absolute Gasteiger partial charge is 0.481 e. The highest BCUT2D eigenvalue weighted by Crippen LogP contribution is 2.32. The predicted molar refractivity (Wildman–Crippen MR) is 72.1 cm³/mol. The monoisotopic (exact) mass is 264 g/mol. The van der Waals surface area contributed by atoms with Gasteiger partial charge >= 0.3 is 5.97 Å². The molecule has 18 heavy (non-hydrogen) atoms. The first-order valence-corrected chi connectivity index (χ1v) is 6.53. The molecule has 0 aromatic carbocycles. The summed E-state index contributed by atoms with van der Waals surface area (Å²) in [5.74, 6) is -0.815. The molecule has 0 bridgehead atoms. The molecular weight excluding hydrogens is 248 g/mol. The second kappa shape index (κ2) is 4.57. The molecule has 0 saturated heterocycles. The molecule has 4 nitrogen and oxygen atoms in total. The molecule has 0 aliphatic carbocycles. The predicted octanol–water partition coefficient (Wildman–Crippen LogP) is 2.70. The Labute approximate surface area is 110 Å². The first kappa shape index (κ1) is 12.8. The van der Waals surface area contributed by atoms with Crippen LogP contribution in [0.25, 0.3) is 11.3 Å². The van der Waals surface area contributed by atoms with Crippen molar-refractivity contribution in [3.63, 3.8) is 0 Å². The van der Waals surface area contributed by atoms with Crippen LogP contribution in [-0.4, -0.2) is 20.6 Å². The number of carboxylic acids is 1. The third kappa shape index (κ3) is 2.18. The molecule has 0 aliphatic rings. The fraction of sp³-hybridized carbons (Fsp3) is 0.385. The van der Waals surface area contributed by atoms with E-state index < -0.39 is 5.97 Å². The van der Waals surface area contributed by atoms with Gasteiger partial charge in [0, 0.05) is 28.9 Å². The summed E-state index contributed by atoms with van der Waals surface area (Å²) in [4.78, 5) is 16.2. The van der Waals surface area contributed by atoms with Gasteiger partial charge in [-0.1, -0.05) is 0 Å². The van der Waals surface area contributed by atoms with Crippen LogP contribution in [-0.2, 0) is 18.3 Å². The molecule has 0 unspecified atom stereocenters. The highest BCUT2D eigenvalue weighted by atomic mass is 32.1. The van der Waals surface area contributed by atoms with Crippen LogP contribution < -0.4 is 0 Å². The van der Waals surface area contributed by atoms with E-state index in [4.69, 9.17) is 5.11 Å². The number of thiazole rings is 1. The van der Waals surface area contributed by atoms with Gasteiger partial charge in [-0.3, -0.25) is 4.79 Å². The van der Waals surface area contributed by atoms with Crippen molar-refractivity contribution in [2.45, 2.75) is 27.2 Å². The van der Waals surface area contributed by atoms with Gasteiger partial charge in [0.2, 0.25) is 0 Å². The van der Waals surface area contributed by atoms with Crippen molar-refractivity contribution < 1.29 is 9.90 Å². The average molecular weight is 264 g/mol. The highest BCUT2D eigenvalue weighted by molar-refractivity contribution is 7.12. The van der Waals surface area contributed by atoms with Gasteiger partial charge in [-0.05, 0) is 26.8 Å². The summed E-state index contributed by atoms with van der Waals surface area (Å²) >= 11 is 1.46. The summed E-state index contributed by atoms with van der Waals surface area (Å²) in [5, 5.41) is 9.86. The number of rotatable bonds is 3. The van der Waals surface area contributed by atoms with Gasteiger partial charge in [-0.15, -0.1) is 11.3 Å². The number of carbonyl (C=O) groups is 1. The van der Waals surface area contributed by atoms with Crippen LogP contribution in [0.1, 0.15) is 21.3 Å². The van der Waals surface area contributed by atoms with Crippen molar-refractivity contribution in [3.05, 3.63) is 27.3 Å². The Kier molecular flexibility index (Phi) is 3.26.